The normalized spacial score (nSPS) is 22.1. The summed E-state index contributed by atoms with van der Waals surface area (Å²) < 4.78 is 13.3. The third kappa shape index (κ3) is 3.19. The molecule has 1 N–H and O–H groups in total. The Morgan fingerprint density at radius 2 is 2.24 bits per heavy atom. The van der Waals surface area contributed by atoms with E-state index in [4.69, 9.17) is 0 Å². The topological polar surface area (TPSA) is 15.3 Å². The molecule has 0 radical (unpaired) electrons. The van der Waals surface area contributed by atoms with Crippen LogP contribution in [0.15, 0.2) is 18.2 Å². The summed E-state index contributed by atoms with van der Waals surface area (Å²) >= 11 is 0. The summed E-state index contributed by atoms with van der Waals surface area (Å²) in [6.45, 7) is 8.38. The molecule has 0 amide bonds. The zero-order valence-corrected chi connectivity index (χ0v) is 10.7. The van der Waals surface area contributed by atoms with Gasteiger partial charge in [0.1, 0.15) is 5.82 Å². The van der Waals surface area contributed by atoms with E-state index in [0.29, 0.717) is 5.92 Å². The molecule has 2 rings (SSSR count). The largest absolute Gasteiger partial charge is 0.371 e. The van der Waals surface area contributed by atoms with Gasteiger partial charge < -0.3 is 10.2 Å². The molecule has 1 heterocycles. The molecular formula is C14H21FN2. The molecule has 1 aliphatic heterocycles. The minimum Gasteiger partial charge on any atom is -0.371 e. The monoisotopic (exact) mass is 236 g/mol. The van der Waals surface area contributed by atoms with Gasteiger partial charge in [-0.2, -0.15) is 0 Å². The van der Waals surface area contributed by atoms with E-state index in [2.05, 4.69) is 24.1 Å². The highest BCUT2D eigenvalue weighted by molar-refractivity contribution is 5.53. The van der Waals surface area contributed by atoms with E-state index in [1.54, 1.807) is 6.07 Å². The fourth-order valence-electron chi connectivity index (χ4n) is 2.42. The summed E-state index contributed by atoms with van der Waals surface area (Å²) in [6.07, 6.45) is 1.11. The van der Waals surface area contributed by atoms with E-state index in [1.807, 2.05) is 6.07 Å². The maximum atomic E-state index is 13.3. The number of aryl methyl sites for hydroxylation is 1. The van der Waals surface area contributed by atoms with Gasteiger partial charge in [-0.05, 0) is 50.0 Å². The smallest absolute Gasteiger partial charge is 0.125 e. The van der Waals surface area contributed by atoms with Crippen LogP contribution in [-0.2, 0) is 0 Å². The first kappa shape index (κ1) is 12.4. The van der Waals surface area contributed by atoms with Crippen molar-refractivity contribution in [2.45, 2.75) is 20.3 Å². The quantitative estimate of drug-likeness (QED) is 0.806. The second-order valence-corrected chi connectivity index (χ2v) is 5.04. The van der Waals surface area contributed by atoms with E-state index in [9.17, 15) is 4.39 Å². The number of halogens is 1. The molecule has 94 valence electrons. The van der Waals surface area contributed by atoms with Gasteiger partial charge in [0.05, 0.1) is 0 Å². The van der Waals surface area contributed by atoms with E-state index >= 15 is 0 Å². The molecule has 0 aromatic heterocycles. The van der Waals surface area contributed by atoms with Gasteiger partial charge in [0.25, 0.3) is 0 Å². The van der Waals surface area contributed by atoms with Crippen LogP contribution in [-0.4, -0.2) is 26.2 Å². The van der Waals surface area contributed by atoms with Crippen LogP contribution in [0.4, 0.5) is 10.1 Å². The lowest BCUT2D eigenvalue weighted by molar-refractivity contribution is 0.467. The van der Waals surface area contributed by atoms with Gasteiger partial charge in [-0.1, -0.05) is 13.0 Å². The summed E-state index contributed by atoms with van der Waals surface area (Å²) in [5.41, 5.74) is 2.21. The van der Waals surface area contributed by atoms with Crippen LogP contribution in [0.1, 0.15) is 18.9 Å². The lowest BCUT2D eigenvalue weighted by Gasteiger charge is -2.31. The Bertz CT molecular complexity index is 378. The molecule has 2 nitrogen and oxygen atoms in total. The molecule has 1 aliphatic rings. The van der Waals surface area contributed by atoms with Crippen molar-refractivity contribution in [3.63, 3.8) is 0 Å². The van der Waals surface area contributed by atoms with Crippen LogP contribution in [0.25, 0.3) is 0 Å². The van der Waals surface area contributed by atoms with Crippen molar-refractivity contribution < 1.29 is 4.39 Å². The van der Waals surface area contributed by atoms with Gasteiger partial charge in [0.15, 0.2) is 0 Å². The first-order valence-electron chi connectivity index (χ1n) is 6.38. The summed E-state index contributed by atoms with van der Waals surface area (Å²) in [5, 5.41) is 3.43. The van der Waals surface area contributed by atoms with Gasteiger partial charge in [0, 0.05) is 18.8 Å². The Balaban J connectivity index is 2.20. The molecule has 1 atom stereocenters. The molecule has 17 heavy (non-hydrogen) atoms. The van der Waals surface area contributed by atoms with Gasteiger partial charge in [0.2, 0.25) is 0 Å². The molecule has 1 aromatic carbocycles. The third-order valence-corrected chi connectivity index (χ3v) is 3.32. The number of nitrogens with one attached hydrogen (secondary N) is 1. The minimum atomic E-state index is -0.140. The van der Waals surface area contributed by atoms with Crippen molar-refractivity contribution >= 4 is 5.69 Å². The summed E-state index contributed by atoms with van der Waals surface area (Å²) in [6, 6.07) is 5.07. The average Bonchev–Trinajstić information content (AvgIpc) is 2.27. The fraction of sp³-hybridized carbons (Fsp3) is 0.571. The van der Waals surface area contributed by atoms with Gasteiger partial charge >= 0.3 is 0 Å². The van der Waals surface area contributed by atoms with E-state index in [1.165, 1.54) is 6.07 Å². The van der Waals surface area contributed by atoms with Crippen LogP contribution < -0.4 is 10.2 Å². The van der Waals surface area contributed by atoms with Crippen LogP contribution in [0, 0.1) is 18.7 Å². The average molecular weight is 236 g/mol. The second-order valence-electron chi connectivity index (χ2n) is 5.04. The number of hydrogen-bond donors (Lipinski definition) is 1. The Morgan fingerprint density at radius 3 is 3.06 bits per heavy atom. The van der Waals surface area contributed by atoms with Gasteiger partial charge in [-0.25, -0.2) is 4.39 Å². The summed E-state index contributed by atoms with van der Waals surface area (Å²) in [4.78, 5) is 2.32. The second kappa shape index (κ2) is 5.50. The summed E-state index contributed by atoms with van der Waals surface area (Å²) in [7, 11) is 0. The predicted octanol–water partition coefficient (Wildman–Crippen LogP) is 2.57. The van der Waals surface area contributed by atoms with Crippen molar-refractivity contribution in [2.24, 2.45) is 5.92 Å². The van der Waals surface area contributed by atoms with E-state index in [-0.39, 0.29) is 5.82 Å². The van der Waals surface area contributed by atoms with E-state index in [0.717, 1.165) is 43.9 Å². The molecule has 1 aromatic rings. The van der Waals surface area contributed by atoms with Gasteiger partial charge in [-0.15, -0.1) is 0 Å². The molecular weight excluding hydrogens is 215 g/mol. The minimum absolute atomic E-state index is 0.140. The van der Waals surface area contributed by atoms with Crippen molar-refractivity contribution in [3.05, 3.63) is 29.6 Å². The third-order valence-electron chi connectivity index (χ3n) is 3.32. The highest BCUT2D eigenvalue weighted by atomic mass is 19.1. The maximum absolute atomic E-state index is 13.3. The molecule has 1 saturated heterocycles. The molecule has 0 saturated carbocycles. The molecule has 0 aliphatic carbocycles. The van der Waals surface area contributed by atoms with Crippen molar-refractivity contribution in [2.75, 3.05) is 31.1 Å². The number of benzene rings is 1. The van der Waals surface area contributed by atoms with Crippen molar-refractivity contribution in [3.8, 4) is 0 Å². The molecule has 0 spiro atoms. The standard InChI is InChI=1S/C14H21FN2/c1-11-9-16-6-3-7-17(10-11)14-8-13(15)5-4-12(14)2/h4-5,8,11,16H,3,6-7,9-10H2,1-2H3. The lowest BCUT2D eigenvalue weighted by atomic mass is 10.1. The first-order valence-corrected chi connectivity index (χ1v) is 6.38. The van der Waals surface area contributed by atoms with Crippen LogP contribution in [0.5, 0.6) is 0 Å². The van der Waals surface area contributed by atoms with Gasteiger partial charge in [-0.3, -0.25) is 0 Å². The van der Waals surface area contributed by atoms with Crippen LogP contribution in [0.2, 0.25) is 0 Å². The number of nitrogens with zero attached hydrogens (tertiary/aromatic N) is 1. The molecule has 0 bridgehead atoms. The zero-order chi connectivity index (χ0) is 12.3. The zero-order valence-electron chi connectivity index (χ0n) is 10.7. The van der Waals surface area contributed by atoms with Crippen molar-refractivity contribution in [1.82, 2.24) is 5.32 Å². The Labute approximate surface area is 103 Å². The number of rotatable bonds is 1. The Kier molecular flexibility index (Phi) is 4.00. The lowest BCUT2D eigenvalue weighted by Crippen LogP contribution is -2.39. The first-order chi connectivity index (χ1) is 8.16. The Hall–Kier alpha value is -1.09. The molecule has 3 heteroatoms. The fourth-order valence-corrected chi connectivity index (χ4v) is 2.42. The highest BCUT2D eigenvalue weighted by Gasteiger charge is 2.15. The van der Waals surface area contributed by atoms with Crippen LogP contribution in [0.3, 0.4) is 0 Å². The SMILES string of the molecule is Cc1ccc(F)cc1N1CCCNCC(C)C1. The van der Waals surface area contributed by atoms with Crippen LogP contribution >= 0.6 is 0 Å². The van der Waals surface area contributed by atoms with E-state index < -0.39 is 0 Å². The number of anilines is 1. The molecule has 1 fully saturated rings. The predicted molar refractivity (Wildman–Crippen MR) is 70.0 cm³/mol. The Morgan fingerprint density at radius 1 is 1.41 bits per heavy atom. The number of hydrogen-bond acceptors (Lipinski definition) is 2. The summed E-state index contributed by atoms with van der Waals surface area (Å²) in [5.74, 6) is 0.455. The van der Waals surface area contributed by atoms with Crippen molar-refractivity contribution in [1.29, 1.82) is 0 Å². The maximum Gasteiger partial charge on any atom is 0.125 e. The molecule has 1 unspecified atom stereocenters. The highest BCUT2D eigenvalue weighted by Crippen LogP contribution is 2.23.